The summed E-state index contributed by atoms with van der Waals surface area (Å²) in [7, 11) is 3.36. The average molecular weight is 454 g/mol. The summed E-state index contributed by atoms with van der Waals surface area (Å²) in [5.41, 5.74) is 4.28. The number of fused-ring (bicyclic) bond motifs is 3. The fourth-order valence-electron chi connectivity index (χ4n) is 5.03. The summed E-state index contributed by atoms with van der Waals surface area (Å²) in [5.74, 6) is 3.87. The van der Waals surface area contributed by atoms with Crippen LogP contribution in [0.4, 0.5) is 0 Å². The minimum absolute atomic E-state index is 0.261. The van der Waals surface area contributed by atoms with Crippen molar-refractivity contribution >= 4 is 5.71 Å². The molecule has 2 aromatic rings. The third-order valence-electron chi connectivity index (χ3n) is 6.42. The molecule has 2 atom stereocenters. The van der Waals surface area contributed by atoms with Crippen molar-refractivity contribution in [1.29, 1.82) is 0 Å². The number of hydrogen-bond acceptors (Lipinski definition) is 6. The van der Waals surface area contributed by atoms with E-state index in [1.807, 2.05) is 32.9 Å². The highest BCUT2D eigenvalue weighted by molar-refractivity contribution is 6.15. The van der Waals surface area contributed by atoms with Crippen LogP contribution in [0, 0.1) is 0 Å². The van der Waals surface area contributed by atoms with E-state index in [1.54, 1.807) is 14.2 Å². The number of methoxy groups -OCH3 is 2. The van der Waals surface area contributed by atoms with Crippen LogP contribution in [0.2, 0.25) is 0 Å². The second-order valence-corrected chi connectivity index (χ2v) is 8.33. The highest BCUT2D eigenvalue weighted by atomic mass is 16.5. The topological polar surface area (TPSA) is 58.5 Å². The zero-order valence-electron chi connectivity index (χ0n) is 20.4. The zero-order valence-corrected chi connectivity index (χ0v) is 20.4. The van der Waals surface area contributed by atoms with Gasteiger partial charge in [0, 0.05) is 17.0 Å². The Morgan fingerprint density at radius 3 is 1.97 bits per heavy atom. The van der Waals surface area contributed by atoms with Crippen molar-refractivity contribution < 1.29 is 23.7 Å². The maximum atomic E-state index is 5.98. The van der Waals surface area contributed by atoms with Crippen LogP contribution in [0.15, 0.2) is 29.3 Å². The van der Waals surface area contributed by atoms with Crippen molar-refractivity contribution in [1.82, 2.24) is 0 Å². The number of hydrogen-bond donors (Lipinski definition) is 0. The van der Waals surface area contributed by atoms with Gasteiger partial charge in [0.15, 0.2) is 23.0 Å². The molecule has 1 heterocycles. The molecule has 0 radical (unpaired) electrons. The summed E-state index contributed by atoms with van der Waals surface area (Å²) in [6, 6.07) is 8.53. The van der Waals surface area contributed by atoms with Gasteiger partial charge in [-0.05, 0) is 63.4 Å². The van der Waals surface area contributed by atoms with Crippen LogP contribution in [0.3, 0.4) is 0 Å². The lowest BCUT2D eigenvalue weighted by atomic mass is 9.75. The van der Waals surface area contributed by atoms with Crippen LogP contribution >= 0.6 is 0 Å². The molecular formula is C27H35NO5. The smallest absolute Gasteiger partial charge is 0.203 e. The lowest BCUT2D eigenvalue weighted by molar-refractivity contribution is 0.260. The van der Waals surface area contributed by atoms with Gasteiger partial charge in [-0.25, -0.2) is 0 Å². The Kier molecular flexibility index (Phi) is 7.31. The molecule has 1 aliphatic heterocycles. The molecule has 0 bridgehead atoms. The van der Waals surface area contributed by atoms with Crippen LogP contribution < -0.4 is 23.7 Å². The highest BCUT2D eigenvalue weighted by Gasteiger charge is 2.35. The summed E-state index contributed by atoms with van der Waals surface area (Å²) in [6.45, 7) is 7.51. The first-order valence-electron chi connectivity index (χ1n) is 12.1. The summed E-state index contributed by atoms with van der Waals surface area (Å²) in [6.07, 6.45) is 4.67. The Bertz CT molecular complexity index is 989. The predicted octanol–water partition coefficient (Wildman–Crippen LogP) is 5.78. The molecule has 0 aromatic heterocycles. The van der Waals surface area contributed by atoms with Crippen molar-refractivity contribution in [3.05, 3.63) is 41.0 Å². The Morgan fingerprint density at radius 1 is 0.758 bits per heavy atom. The highest BCUT2D eigenvalue weighted by Crippen LogP contribution is 2.46. The molecule has 6 nitrogen and oxygen atoms in total. The maximum absolute atomic E-state index is 5.98. The molecule has 4 rings (SSSR count). The molecule has 33 heavy (non-hydrogen) atoms. The molecule has 178 valence electrons. The molecule has 0 unspecified atom stereocenters. The van der Waals surface area contributed by atoms with Gasteiger partial charge < -0.3 is 23.7 Å². The predicted molar refractivity (Wildman–Crippen MR) is 130 cm³/mol. The van der Waals surface area contributed by atoms with Crippen molar-refractivity contribution in [2.45, 2.75) is 58.4 Å². The Hall–Kier alpha value is -2.89. The van der Waals surface area contributed by atoms with Crippen LogP contribution in [-0.2, 0) is 0 Å². The molecule has 0 N–H and O–H groups in total. The van der Waals surface area contributed by atoms with Gasteiger partial charge in [0.05, 0.1) is 45.8 Å². The first-order chi connectivity index (χ1) is 16.1. The van der Waals surface area contributed by atoms with Gasteiger partial charge in [-0.15, -0.1) is 0 Å². The summed E-state index contributed by atoms with van der Waals surface area (Å²) >= 11 is 0. The number of rotatable bonds is 9. The molecule has 0 spiro atoms. The van der Waals surface area contributed by atoms with Gasteiger partial charge in [-0.3, -0.25) is 4.99 Å². The number of benzene rings is 2. The number of aliphatic imine (C=N–C) groups is 1. The normalized spacial score (nSPS) is 19.1. The SMILES string of the molecule is CCOc1cc(C2=N[C@@H]3CCCC[C@@H]3c3cc(OC)c(OC)cc32)cc(OCC)c1OCC. The molecule has 2 aliphatic rings. The number of nitrogens with zero attached hydrogens (tertiary/aromatic N) is 1. The van der Waals surface area contributed by atoms with E-state index in [0.29, 0.717) is 48.7 Å². The largest absolute Gasteiger partial charge is 0.493 e. The van der Waals surface area contributed by atoms with Crippen LogP contribution in [0.25, 0.3) is 0 Å². The minimum Gasteiger partial charge on any atom is -0.493 e. The van der Waals surface area contributed by atoms with Crippen LogP contribution in [-0.4, -0.2) is 45.8 Å². The van der Waals surface area contributed by atoms with Crippen LogP contribution in [0.1, 0.15) is 69.1 Å². The Morgan fingerprint density at radius 2 is 1.36 bits per heavy atom. The van der Waals surface area contributed by atoms with E-state index in [2.05, 4.69) is 12.1 Å². The third-order valence-corrected chi connectivity index (χ3v) is 6.42. The van der Waals surface area contributed by atoms with Gasteiger partial charge in [-0.1, -0.05) is 12.8 Å². The van der Waals surface area contributed by atoms with Crippen molar-refractivity contribution in [3.63, 3.8) is 0 Å². The Labute approximate surface area is 196 Å². The van der Waals surface area contributed by atoms with E-state index in [1.165, 1.54) is 18.4 Å². The molecule has 0 amide bonds. The molecule has 1 fully saturated rings. The van der Waals surface area contributed by atoms with Gasteiger partial charge in [0.1, 0.15) is 0 Å². The minimum atomic E-state index is 0.261. The maximum Gasteiger partial charge on any atom is 0.203 e. The van der Waals surface area contributed by atoms with Crippen molar-refractivity contribution in [2.24, 2.45) is 4.99 Å². The zero-order chi connectivity index (χ0) is 23.4. The van der Waals surface area contributed by atoms with Gasteiger partial charge in [0.25, 0.3) is 0 Å². The van der Waals surface area contributed by atoms with Crippen molar-refractivity contribution in [3.8, 4) is 28.7 Å². The van der Waals surface area contributed by atoms with Crippen LogP contribution in [0.5, 0.6) is 28.7 Å². The fourth-order valence-corrected chi connectivity index (χ4v) is 5.03. The quantitative estimate of drug-likeness (QED) is 0.482. The molecule has 6 heteroatoms. The van der Waals surface area contributed by atoms with Gasteiger partial charge >= 0.3 is 0 Å². The Balaban J connectivity index is 1.91. The molecule has 2 aromatic carbocycles. The fraction of sp³-hybridized carbons (Fsp3) is 0.519. The van der Waals surface area contributed by atoms with E-state index in [0.717, 1.165) is 35.4 Å². The van der Waals surface area contributed by atoms with E-state index in [4.69, 9.17) is 28.7 Å². The molecule has 1 saturated carbocycles. The summed E-state index contributed by atoms with van der Waals surface area (Å²) in [4.78, 5) is 5.29. The van der Waals surface area contributed by atoms with Gasteiger partial charge in [0.2, 0.25) is 5.75 Å². The average Bonchev–Trinajstić information content (AvgIpc) is 2.84. The summed E-state index contributed by atoms with van der Waals surface area (Å²) < 4.78 is 29.2. The van der Waals surface area contributed by atoms with Gasteiger partial charge in [-0.2, -0.15) is 0 Å². The third kappa shape index (κ3) is 4.48. The van der Waals surface area contributed by atoms with E-state index in [9.17, 15) is 0 Å². The monoisotopic (exact) mass is 453 g/mol. The molecular weight excluding hydrogens is 418 g/mol. The first-order valence-corrected chi connectivity index (χ1v) is 12.1. The number of ether oxygens (including phenoxy) is 5. The van der Waals surface area contributed by atoms with Crippen molar-refractivity contribution in [2.75, 3.05) is 34.0 Å². The second kappa shape index (κ2) is 10.4. The summed E-state index contributed by atoms with van der Waals surface area (Å²) in [5, 5.41) is 0. The molecule has 0 saturated heterocycles. The van der Waals surface area contributed by atoms with E-state index in [-0.39, 0.29) is 6.04 Å². The first kappa shape index (κ1) is 23.3. The lowest BCUT2D eigenvalue weighted by Crippen LogP contribution is -2.29. The second-order valence-electron chi connectivity index (χ2n) is 8.33. The molecule has 1 aliphatic carbocycles. The lowest BCUT2D eigenvalue weighted by Gasteiger charge is -2.36. The van der Waals surface area contributed by atoms with E-state index >= 15 is 0 Å². The standard InChI is InChI=1S/C27H35NO5/c1-6-31-24-13-17(14-25(32-7-2)27(24)33-8-3)26-20-16-23(30-5)22(29-4)15-19(20)18-11-9-10-12-21(18)28-26/h13-16,18,21H,6-12H2,1-5H3/t18-,21-/m1/s1. The van der Waals surface area contributed by atoms with E-state index < -0.39 is 0 Å².